The summed E-state index contributed by atoms with van der Waals surface area (Å²) < 4.78 is 18.6. The van der Waals surface area contributed by atoms with E-state index in [4.69, 9.17) is 16.3 Å². The molecule has 0 spiro atoms. The fourth-order valence-electron chi connectivity index (χ4n) is 0.861. The van der Waals surface area contributed by atoms with E-state index in [1.54, 1.807) is 12.1 Å². The molecule has 0 aromatic heterocycles. The number of hydrogen-bond donors (Lipinski definition) is 0. The van der Waals surface area contributed by atoms with Crippen LogP contribution in [-0.4, -0.2) is 12.5 Å². The molecule has 14 heavy (non-hydrogen) atoms. The van der Waals surface area contributed by atoms with Crippen molar-refractivity contribution >= 4 is 27.5 Å². The average molecular weight is 280 g/mol. The molecule has 0 amide bonds. The normalized spacial score (nSPS) is 10.8. The molecule has 0 atom stereocenters. The van der Waals surface area contributed by atoms with E-state index in [2.05, 4.69) is 15.9 Å². The average Bonchev–Trinajstić information content (AvgIpc) is 2.15. The van der Waals surface area contributed by atoms with Gasteiger partial charge in [0, 0.05) is 5.88 Å². The van der Waals surface area contributed by atoms with Gasteiger partial charge >= 0.3 is 0 Å². The first-order chi connectivity index (χ1) is 6.74. The number of ether oxygens (including phenoxy) is 1. The van der Waals surface area contributed by atoms with Crippen LogP contribution in [0.2, 0.25) is 0 Å². The van der Waals surface area contributed by atoms with Gasteiger partial charge in [0.15, 0.2) is 0 Å². The molecule has 0 N–H and O–H groups in total. The summed E-state index contributed by atoms with van der Waals surface area (Å²) in [7, 11) is 0. The second-order valence-corrected chi connectivity index (χ2v) is 3.67. The van der Waals surface area contributed by atoms with Gasteiger partial charge in [-0.1, -0.05) is 12.2 Å². The molecule has 0 aliphatic carbocycles. The molecule has 4 heteroatoms. The van der Waals surface area contributed by atoms with Crippen molar-refractivity contribution in [2.75, 3.05) is 12.5 Å². The van der Waals surface area contributed by atoms with Gasteiger partial charge in [0.05, 0.1) is 4.47 Å². The van der Waals surface area contributed by atoms with Crippen LogP contribution in [0.1, 0.15) is 0 Å². The fourth-order valence-corrected chi connectivity index (χ4v) is 1.45. The quantitative estimate of drug-likeness (QED) is 0.602. The summed E-state index contributed by atoms with van der Waals surface area (Å²) in [6.45, 7) is 0.428. The lowest BCUT2D eigenvalue weighted by molar-refractivity contribution is 0.359. The molecular formula is C10H9BrClFO. The minimum Gasteiger partial charge on any atom is -0.488 e. The molecule has 1 rings (SSSR count). The third-order valence-electron chi connectivity index (χ3n) is 1.48. The molecule has 0 bridgehead atoms. The van der Waals surface area contributed by atoms with Gasteiger partial charge in [-0.05, 0) is 34.1 Å². The number of benzene rings is 1. The van der Waals surface area contributed by atoms with Crippen molar-refractivity contribution in [1.29, 1.82) is 0 Å². The molecule has 0 heterocycles. The maximum Gasteiger partial charge on any atom is 0.134 e. The van der Waals surface area contributed by atoms with Gasteiger partial charge in [0.1, 0.15) is 18.2 Å². The van der Waals surface area contributed by atoms with Gasteiger partial charge in [-0.2, -0.15) is 0 Å². The zero-order valence-electron chi connectivity index (χ0n) is 7.34. The summed E-state index contributed by atoms with van der Waals surface area (Å²) in [6, 6.07) is 4.29. The maximum absolute atomic E-state index is 12.7. The molecule has 1 aromatic carbocycles. The number of alkyl halides is 1. The largest absolute Gasteiger partial charge is 0.488 e. The Morgan fingerprint density at radius 2 is 2.21 bits per heavy atom. The van der Waals surface area contributed by atoms with Crippen molar-refractivity contribution in [2.24, 2.45) is 0 Å². The van der Waals surface area contributed by atoms with E-state index in [0.717, 1.165) is 0 Å². The van der Waals surface area contributed by atoms with E-state index in [9.17, 15) is 4.39 Å². The minimum atomic E-state index is -0.291. The maximum atomic E-state index is 12.7. The Labute approximate surface area is 95.7 Å². The van der Waals surface area contributed by atoms with Crippen LogP contribution in [0.4, 0.5) is 4.39 Å². The standard InChI is InChI=1S/C10H9BrClFO/c11-9-7-8(13)3-4-10(9)14-6-2-1-5-12/h1-4,7H,5-6H2. The fraction of sp³-hybridized carbons (Fsp3) is 0.200. The summed E-state index contributed by atoms with van der Waals surface area (Å²) in [5.74, 6) is 0.791. The van der Waals surface area contributed by atoms with Gasteiger partial charge in [-0.25, -0.2) is 4.39 Å². The molecule has 1 aromatic rings. The molecule has 0 fully saturated rings. The van der Waals surface area contributed by atoms with Crippen LogP contribution < -0.4 is 4.74 Å². The second kappa shape index (κ2) is 6.04. The van der Waals surface area contributed by atoms with E-state index in [-0.39, 0.29) is 5.82 Å². The predicted octanol–water partition coefficient (Wildman–Crippen LogP) is 3.76. The zero-order chi connectivity index (χ0) is 10.4. The molecular weight excluding hydrogens is 270 g/mol. The van der Waals surface area contributed by atoms with Crippen molar-refractivity contribution in [3.05, 3.63) is 40.6 Å². The topological polar surface area (TPSA) is 9.23 Å². The first-order valence-corrected chi connectivity index (χ1v) is 5.35. The highest BCUT2D eigenvalue weighted by molar-refractivity contribution is 9.10. The molecule has 1 nitrogen and oxygen atoms in total. The Kier molecular flexibility index (Phi) is 4.98. The smallest absolute Gasteiger partial charge is 0.134 e. The molecule has 0 saturated carbocycles. The zero-order valence-corrected chi connectivity index (χ0v) is 9.69. The van der Waals surface area contributed by atoms with Gasteiger partial charge in [0.2, 0.25) is 0 Å². The first kappa shape index (κ1) is 11.5. The van der Waals surface area contributed by atoms with E-state index < -0.39 is 0 Å². The Balaban J connectivity index is 2.55. The van der Waals surface area contributed by atoms with Crippen LogP contribution in [0.15, 0.2) is 34.8 Å². The van der Waals surface area contributed by atoms with Gasteiger partial charge in [0.25, 0.3) is 0 Å². The van der Waals surface area contributed by atoms with Crippen LogP contribution in [0, 0.1) is 5.82 Å². The predicted molar refractivity (Wildman–Crippen MR) is 59.5 cm³/mol. The summed E-state index contributed by atoms with van der Waals surface area (Å²) in [6.07, 6.45) is 3.60. The van der Waals surface area contributed by atoms with Crippen molar-refractivity contribution in [3.63, 3.8) is 0 Å². The van der Waals surface area contributed by atoms with Gasteiger partial charge in [-0.3, -0.25) is 0 Å². The Hall–Kier alpha value is -0.540. The van der Waals surface area contributed by atoms with Crippen molar-refractivity contribution in [2.45, 2.75) is 0 Å². The Morgan fingerprint density at radius 1 is 1.43 bits per heavy atom. The van der Waals surface area contributed by atoms with Crippen molar-refractivity contribution in [3.8, 4) is 5.75 Å². The van der Waals surface area contributed by atoms with Crippen molar-refractivity contribution in [1.82, 2.24) is 0 Å². The lowest BCUT2D eigenvalue weighted by atomic mass is 10.3. The molecule has 0 aliphatic rings. The van der Waals surface area contributed by atoms with Crippen LogP contribution in [0.25, 0.3) is 0 Å². The number of halogens is 3. The number of allylic oxidation sites excluding steroid dienone is 1. The third kappa shape index (κ3) is 3.68. The summed E-state index contributed by atoms with van der Waals surface area (Å²) in [5, 5.41) is 0. The molecule has 0 radical (unpaired) electrons. The lowest BCUT2D eigenvalue weighted by Gasteiger charge is -2.04. The van der Waals surface area contributed by atoms with Crippen LogP contribution >= 0.6 is 27.5 Å². The van der Waals surface area contributed by atoms with Gasteiger partial charge < -0.3 is 4.74 Å². The Bertz CT molecular complexity index is 328. The van der Waals surface area contributed by atoms with Crippen LogP contribution in [-0.2, 0) is 0 Å². The van der Waals surface area contributed by atoms with Gasteiger partial charge in [-0.15, -0.1) is 11.6 Å². The highest BCUT2D eigenvalue weighted by Crippen LogP contribution is 2.25. The molecule has 0 aliphatic heterocycles. The molecule has 0 unspecified atom stereocenters. The first-order valence-electron chi connectivity index (χ1n) is 4.03. The Morgan fingerprint density at radius 3 is 2.86 bits per heavy atom. The third-order valence-corrected chi connectivity index (χ3v) is 2.28. The summed E-state index contributed by atoms with van der Waals surface area (Å²) in [5.41, 5.74) is 0. The SMILES string of the molecule is Fc1ccc(OCC=CCCl)c(Br)c1. The number of hydrogen-bond acceptors (Lipinski definition) is 1. The van der Waals surface area contributed by atoms with E-state index in [1.165, 1.54) is 12.1 Å². The van der Waals surface area contributed by atoms with E-state index in [1.807, 2.05) is 6.08 Å². The highest BCUT2D eigenvalue weighted by atomic mass is 79.9. The number of rotatable bonds is 4. The second-order valence-electron chi connectivity index (χ2n) is 2.51. The van der Waals surface area contributed by atoms with Crippen LogP contribution in [0.3, 0.4) is 0 Å². The van der Waals surface area contributed by atoms with E-state index in [0.29, 0.717) is 22.7 Å². The summed E-state index contributed by atoms with van der Waals surface area (Å²) in [4.78, 5) is 0. The molecule has 76 valence electrons. The monoisotopic (exact) mass is 278 g/mol. The highest BCUT2D eigenvalue weighted by Gasteiger charge is 2.00. The minimum absolute atomic E-state index is 0.291. The van der Waals surface area contributed by atoms with E-state index >= 15 is 0 Å². The summed E-state index contributed by atoms with van der Waals surface area (Å²) >= 11 is 8.64. The van der Waals surface area contributed by atoms with Crippen LogP contribution in [0.5, 0.6) is 5.75 Å². The van der Waals surface area contributed by atoms with Crippen molar-refractivity contribution < 1.29 is 9.13 Å². The molecule has 0 saturated heterocycles. The lowest BCUT2D eigenvalue weighted by Crippen LogP contribution is -1.94.